The average Bonchev–Trinajstić information content (AvgIpc) is 2.81. The van der Waals surface area contributed by atoms with Crippen LogP contribution in [0.2, 0.25) is 0 Å². The molecule has 0 spiro atoms. The van der Waals surface area contributed by atoms with Gasteiger partial charge in [0.25, 0.3) is 0 Å². The van der Waals surface area contributed by atoms with E-state index in [2.05, 4.69) is 16.4 Å². The van der Waals surface area contributed by atoms with Crippen molar-refractivity contribution in [3.8, 4) is 17.6 Å². The molecule has 1 N–H and O–H groups in total. The van der Waals surface area contributed by atoms with Crippen molar-refractivity contribution < 1.29 is 9.47 Å². The summed E-state index contributed by atoms with van der Waals surface area (Å²) in [5.41, 5.74) is 1.29. The van der Waals surface area contributed by atoms with Crippen LogP contribution in [0.15, 0.2) is 18.2 Å². The molecule has 5 heteroatoms. The summed E-state index contributed by atoms with van der Waals surface area (Å²) in [4.78, 5) is 4.38. The molecular weight excluding hydrogens is 218 g/mol. The lowest BCUT2D eigenvalue weighted by molar-refractivity contribution is 0.174. The highest BCUT2D eigenvalue weighted by Gasteiger charge is 2.16. The molecule has 0 aliphatic carbocycles. The Morgan fingerprint density at radius 3 is 2.76 bits per heavy atom. The molecule has 0 saturated carbocycles. The van der Waals surface area contributed by atoms with Gasteiger partial charge in [0.2, 0.25) is 6.79 Å². The predicted molar refractivity (Wildman–Crippen MR) is 62.1 cm³/mol. The van der Waals surface area contributed by atoms with E-state index in [1.165, 1.54) is 0 Å². The highest BCUT2D eigenvalue weighted by Crippen LogP contribution is 2.36. The molecule has 1 aromatic carbocycles. The number of pyridine rings is 1. The summed E-state index contributed by atoms with van der Waals surface area (Å²) in [5, 5.41) is 12.8. The third-order valence-electron chi connectivity index (χ3n) is 2.68. The van der Waals surface area contributed by atoms with Crippen LogP contribution in [0.3, 0.4) is 0 Å². The predicted octanol–water partition coefficient (Wildman–Crippen LogP) is 1.88. The van der Waals surface area contributed by atoms with Crippen molar-refractivity contribution in [2.75, 3.05) is 19.2 Å². The number of hydrogen-bond donors (Lipinski definition) is 1. The summed E-state index contributed by atoms with van der Waals surface area (Å²) in [7, 11) is 1.77. The van der Waals surface area contributed by atoms with Gasteiger partial charge < -0.3 is 14.8 Å². The Morgan fingerprint density at radius 1 is 1.29 bits per heavy atom. The standard InChI is InChI=1S/C12H9N3O2/c1-14-12-2-7(5-13)8-3-10-11(17-6-16-10)4-9(8)15-12/h2-4H,6H2,1H3,(H,14,15). The Hall–Kier alpha value is -2.48. The van der Waals surface area contributed by atoms with Crippen molar-refractivity contribution in [3.63, 3.8) is 0 Å². The molecule has 84 valence electrons. The van der Waals surface area contributed by atoms with Crippen LogP contribution in [-0.2, 0) is 0 Å². The van der Waals surface area contributed by atoms with Gasteiger partial charge in [-0.1, -0.05) is 0 Å². The molecule has 0 amide bonds. The molecule has 0 fully saturated rings. The van der Waals surface area contributed by atoms with Crippen molar-refractivity contribution >= 4 is 16.7 Å². The number of nitriles is 1. The molecule has 1 aliphatic heterocycles. The Labute approximate surface area is 97.6 Å². The number of benzene rings is 1. The zero-order valence-electron chi connectivity index (χ0n) is 9.15. The minimum absolute atomic E-state index is 0.215. The molecule has 0 radical (unpaired) electrons. The number of hydrogen-bond acceptors (Lipinski definition) is 5. The molecule has 3 rings (SSSR count). The van der Waals surface area contributed by atoms with Gasteiger partial charge in [0.05, 0.1) is 17.1 Å². The minimum Gasteiger partial charge on any atom is -0.454 e. The van der Waals surface area contributed by atoms with Gasteiger partial charge in [0, 0.05) is 18.5 Å². The SMILES string of the molecule is CNc1cc(C#N)c2cc3c(cc2n1)OCO3. The Balaban J connectivity index is 2.34. The second-order valence-electron chi connectivity index (χ2n) is 3.64. The lowest BCUT2D eigenvalue weighted by Crippen LogP contribution is -1.94. The molecule has 0 unspecified atom stereocenters. The molecule has 1 aromatic heterocycles. The van der Waals surface area contributed by atoms with Gasteiger partial charge in [-0.2, -0.15) is 5.26 Å². The van der Waals surface area contributed by atoms with Crippen molar-refractivity contribution in [1.82, 2.24) is 4.98 Å². The van der Waals surface area contributed by atoms with Gasteiger partial charge in [-0.05, 0) is 12.1 Å². The van der Waals surface area contributed by atoms with E-state index < -0.39 is 0 Å². The second kappa shape index (κ2) is 3.52. The topological polar surface area (TPSA) is 67.2 Å². The maximum Gasteiger partial charge on any atom is 0.231 e. The fourth-order valence-electron chi connectivity index (χ4n) is 1.84. The molecule has 2 heterocycles. The van der Waals surface area contributed by atoms with Crippen LogP contribution in [-0.4, -0.2) is 18.8 Å². The normalized spacial score (nSPS) is 12.5. The fraction of sp³-hybridized carbons (Fsp3) is 0.167. The van der Waals surface area contributed by atoms with Crippen LogP contribution < -0.4 is 14.8 Å². The van der Waals surface area contributed by atoms with Crippen LogP contribution in [0, 0.1) is 11.3 Å². The van der Waals surface area contributed by atoms with E-state index in [-0.39, 0.29) is 6.79 Å². The maximum atomic E-state index is 9.13. The Bertz CT molecular complexity index is 646. The van der Waals surface area contributed by atoms with Gasteiger partial charge in [0.1, 0.15) is 5.82 Å². The highest BCUT2D eigenvalue weighted by atomic mass is 16.7. The largest absolute Gasteiger partial charge is 0.454 e. The van der Waals surface area contributed by atoms with E-state index in [0.29, 0.717) is 22.9 Å². The highest BCUT2D eigenvalue weighted by molar-refractivity contribution is 5.89. The first-order valence-electron chi connectivity index (χ1n) is 5.14. The molecule has 2 aromatic rings. The number of ether oxygens (including phenoxy) is 2. The minimum atomic E-state index is 0.215. The van der Waals surface area contributed by atoms with E-state index in [0.717, 1.165) is 10.9 Å². The van der Waals surface area contributed by atoms with E-state index in [9.17, 15) is 0 Å². The van der Waals surface area contributed by atoms with E-state index in [1.54, 1.807) is 25.2 Å². The monoisotopic (exact) mass is 227 g/mol. The third kappa shape index (κ3) is 1.42. The van der Waals surface area contributed by atoms with Crippen LogP contribution in [0.5, 0.6) is 11.5 Å². The number of anilines is 1. The maximum absolute atomic E-state index is 9.13. The molecule has 0 bridgehead atoms. The van der Waals surface area contributed by atoms with Crippen molar-refractivity contribution in [2.45, 2.75) is 0 Å². The average molecular weight is 227 g/mol. The van der Waals surface area contributed by atoms with Crippen molar-refractivity contribution in [1.29, 1.82) is 5.26 Å². The van der Waals surface area contributed by atoms with Crippen LogP contribution in [0.4, 0.5) is 5.82 Å². The first-order valence-corrected chi connectivity index (χ1v) is 5.14. The van der Waals surface area contributed by atoms with Gasteiger partial charge in [0.15, 0.2) is 11.5 Å². The summed E-state index contributed by atoms with van der Waals surface area (Å²) in [6, 6.07) is 7.46. The zero-order valence-corrected chi connectivity index (χ0v) is 9.15. The van der Waals surface area contributed by atoms with Crippen LogP contribution in [0.25, 0.3) is 10.9 Å². The third-order valence-corrected chi connectivity index (χ3v) is 2.68. The summed E-state index contributed by atoms with van der Waals surface area (Å²) in [6.07, 6.45) is 0. The Morgan fingerprint density at radius 2 is 2.06 bits per heavy atom. The number of nitrogens with zero attached hydrogens (tertiary/aromatic N) is 2. The number of aromatic nitrogens is 1. The number of rotatable bonds is 1. The van der Waals surface area contributed by atoms with Gasteiger partial charge >= 0.3 is 0 Å². The van der Waals surface area contributed by atoms with Crippen molar-refractivity contribution in [2.24, 2.45) is 0 Å². The Kier molecular flexibility index (Phi) is 2.02. The molecule has 1 aliphatic rings. The summed E-state index contributed by atoms with van der Waals surface area (Å²) in [6.45, 7) is 0.215. The van der Waals surface area contributed by atoms with E-state index in [4.69, 9.17) is 14.7 Å². The lowest BCUT2D eigenvalue weighted by atomic mass is 10.1. The van der Waals surface area contributed by atoms with Gasteiger partial charge in [-0.15, -0.1) is 0 Å². The van der Waals surface area contributed by atoms with Crippen LogP contribution >= 0.6 is 0 Å². The summed E-state index contributed by atoms with van der Waals surface area (Å²) < 4.78 is 10.6. The smallest absolute Gasteiger partial charge is 0.231 e. The quantitative estimate of drug-likeness (QED) is 0.805. The number of nitrogens with one attached hydrogen (secondary N) is 1. The fourth-order valence-corrected chi connectivity index (χ4v) is 1.84. The molecule has 0 saturated heterocycles. The lowest BCUT2D eigenvalue weighted by Gasteiger charge is -2.05. The van der Waals surface area contributed by atoms with Crippen molar-refractivity contribution in [3.05, 3.63) is 23.8 Å². The first-order chi connectivity index (χ1) is 8.31. The summed E-state index contributed by atoms with van der Waals surface area (Å²) >= 11 is 0. The molecule has 0 atom stereocenters. The second-order valence-corrected chi connectivity index (χ2v) is 3.64. The molecule has 5 nitrogen and oxygen atoms in total. The van der Waals surface area contributed by atoms with Crippen LogP contribution in [0.1, 0.15) is 5.56 Å². The van der Waals surface area contributed by atoms with E-state index in [1.807, 2.05) is 0 Å². The van der Waals surface area contributed by atoms with Gasteiger partial charge in [-0.3, -0.25) is 0 Å². The van der Waals surface area contributed by atoms with Gasteiger partial charge in [-0.25, -0.2) is 4.98 Å². The first kappa shape index (κ1) is 9.73. The summed E-state index contributed by atoms with van der Waals surface area (Å²) in [5.74, 6) is 1.99. The molecule has 17 heavy (non-hydrogen) atoms. The number of fused-ring (bicyclic) bond motifs is 2. The molecular formula is C12H9N3O2. The zero-order chi connectivity index (χ0) is 11.8. The van der Waals surface area contributed by atoms with E-state index >= 15 is 0 Å².